The molecule has 0 saturated heterocycles. The minimum atomic E-state index is -0.0736. The third-order valence-electron chi connectivity index (χ3n) is 2.39. The molecule has 0 bridgehead atoms. The molecule has 1 unspecified atom stereocenters. The van der Waals surface area contributed by atoms with Gasteiger partial charge in [0.15, 0.2) is 0 Å². The molecule has 0 heterocycles. The fraction of sp³-hybridized carbons (Fsp3) is 0.462. The van der Waals surface area contributed by atoms with Crippen molar-refractivity contribution in [2.75, 3.05) is 12.3 Å². The summed E-state index contributed by atoms with van der Waals surface area (Å²) in [7, 11) is 0. The summed E-state index contributed by atoms with van der Waals surface area (Å²) in [6.45, 7) is 4.79. The third-order valence-corrected chi connectivity index (χ3v) is 3.50. The summed E-state index contributed by atoms with van der Waals surface area (Å²) in [5.41, 5.74) is 6.35. The highest BCUT2D eigenvalue weighted by Crippen LogP contribution is 2.23. The van der Waals surface area contributed by atoms with E-state index in [-0.39, 0.29) is 11.2 Å². The summed E-state index contributed by atoms with van der Waals surface area (Å²) < 4.78 is 0. The highest BCUT2D eigenvalue weighted by Gasteiger charge is 2.13. The van der Waals surface area contributed by atoms with Gasteiger partial charge in [-0.15, -0.1) is 11.8 Å². The van der Waals surface area contributed by atoms with Gasteiger partial charge in [0.1, 0.15) is 0 Å². The molecular formula is C13H20N2OS. The van der Waals surface area contributed by atoms with Crippen molar-refractivity contribution in [1.29, 1.82) is 0 Å². The molecule has 94 valence electrons. The van der Waals surface area contributed by atoms with E-state index in [0.29, 0.717) is 0 Å². The molecule has 0 aliphatic carbocycles. The zero-order chi connectivity index (χ0) is 12.7. The average molecular weight is 252 g/mol. The molecule has 1 aromatic rings. The van der Waals surface area contributed by atoms with E-state index in [0.717, 1.165) is 30.0 Å². The van der Waals surface area contributed by atoms with Gasteiger partial charge in [-0.25, -0.2) is 0 Å². The second-order valence-electron chi connectivity index (χ2n) is 3.97. The fourth-order valence-corrected chi connectivity index (χ4v) is 2.23. The highest BCUT2D eigenvalue weighted by molar-refractivity contribution is 8.00. The molecule has 1 aromatic carbocycles. The third kappa shape index (κ3) is 5.13. The summed E-state index contributed by atoms with van der Waals surface area (Å²) in [5, 5.41) is 2.86. The van der Waals surface area contributed by atoms with Crippen LogP contribution in [0.25, 0.3) is 0 Å². The van der Waals surface area contributed by atoms with Gasteiger partial charge in [0.25, 0.3) is 0 Å². The van der Waals surface area contributed by atoms with Crippen molar-refractivity contribution >= 4 is 23.4 Å². The number of amides is 1. The first-order valence-electron chi connectivity index (χ1n) is 5.93. The van der Waals surface area contributed by atoms with Crippen LogP contribution in [0, 0.1) is 0 Å². The molecule has 0 spiro atoms. The van der Waals surface area contributed by atoms with E-state index < -0.39 is 0 Å². The number of rotatable bonds is 6. The Kier molecular flexibility index (Phi) is 5.91. The van der Waals surface area contributed by atoms with Gasteiger partial charge >= 0.3 is 0 Å². The normalized spacial score (nSPS) is 12.1. The first kappa shape index (κ1) is 13.9. The lowest BCUT2D eigenvalue weighted by atomic mass is 10.3. The predicted octanol–water partition coefficient (Wildman–Crippen LogP) is 2.67. The molecule has 1 atom stereocenters. The van der Waals surface area contributed by atoms with Crippen LogP contribution >= 0.6 is 11.8 Å². The molecule has 0 aromatic heterocycles. The number of hydrogen-bond acceptors (Lipinski definition) is 3. The number of thioether (sulfide) groups is 1. The first-order chi connectivity index (χ1) is 8.13. The molecular weight excluding hydrogens is 232 g/mol. The van der Waals surface area contributed by atoms with Crippen LogP contribution in [0.2, 0.25) is 0 Å². The van der Waals surface area contributed by atoms with Gasteiger partial charge in [-0.2, -0.15) is 0 Å². The zero-order valence-electron chi connectivity index (χ0n) is 10.4. The summed E-state index contributed by atoms with van der Waals surface area (Å²) in [5.74, 6) is 0.0975. The van der Waals surface area contributed by atoms with Crippen molar-refractivity contribution < 1.29 is 4.79 Å². The number of anilines is 1. The monoisotopic (exact) mass is 252 g/mol. The van der Waals surface area contributed by atoms with Crippen LogP contribution in [0.15, 0.2) is 29.2 Å². The van der Waals surface area contributed by atoms with Crippen molar-refractivity contribution in [2.45, 2.75) is 36.8 Å². The van der Waals surface area contributed by atoms with E-state index in [4.69, 9.17) is 5.73 Å². The van der Waals surface area contributed by atoms with E-state index in [1.165, 1.54) is 0 Å². The zero-order valence-corrected chi connectivity index (χ0v) is 11.2. The second-order valence-corrected chi connectivity index (χ2v) is 5.39. The average Bonchev–Trinajstić information content (AvgIpc) is 2.32. The lowest BCUT2D eigenvalue weighted by Gasteiger charge is -2.11. The van der Waals surface area contributed by atoms with Crippen LogP contribution in [0.4, 0.5) is 5.69 Å². The number of nitrogen functional groups attached to an aromatic ring is 1. The van der Waals surface area contributed by atoms with Gasteiger partial charge in [-0.3, -0.25) is 4.79 Å². The van der Waals surface area contributed by atoms with Crippen LogP contribution in [0.1, 0.15) is 26.7 Å². The van der Waals surface area contributed by atoms with Crippen molar-refractivity contribution in [1.82, 2.24) is 5.32 Å². The van der Waals surface area contributed by atoms with Gasteiger partial charge in [0, 0.05) is 17.1 Å². The van der Waals surface area contributed by atoms with Gasteiger partial charge < -0.3 is 11.1 Å². The number of carbonyl (C=O) groups is 1. The number of nitrogens with two attached hydrogens (primary N) is 1. The number of carbonyl (C=O) groups excluding carboxylic acids is 1. The molecule has 17 heavy (non-hydrogen) atoms. The topological polar surface area (TPSA) is 55.1 Å². The summed E-state index contributed by atoms with van der Waals surface area (Å²) in [6.07, 6.45) is 2.13. The Labute approximate surface area is 107 Å². The summed E-state index contributed by atoms with van der Waals surface area (Å²) in [4.78, 5) is 12.8. The smallest absolute Gasteiger partial charge is 0.233 e. The molecule has 3 nitrogen and oxygen atoms in total. The molecule has 0 fully saturated rings. The van der Waals surface area contributed by atoms with E-state index in [9.17, 15) is 4.79 Å². The molecule has 1 rings (SSSR count). The molecule has 0 aliphatic heterocycles. The first-order valence-corrected chi connectivity index (χ1v) is 6.81. The molecule has 1 amide bonds. The Morgan fingerprint density at radius 1 is 1.41 bits per heavy atom. The summed E-state index contributed by atoms with van der Waals surface area (Å²) >= 11 is 1.55. The van der Waals surface area contributed by atoms with Crippen LogP contribution in [-0.2, 0) is 4.79 Å². The maximum absolute atomic E-state index is 11.7. The van der Waals surface area contributed by atoms with Crippen molar-refractivity contribution in [3.8, 4) is 0 Å². The molecule has 4 heteroatoms. The Balaban J connectivity index is 2.40. The van der Waals surface area contributed by atoms with Crippen molar-refractivity contribution in [2.24, 2.45) is 0 Å². The van der Waals surface area contributed by atoms with Crippen LogP contribution in [0.5, 0.6) is 0 Å². The number of hydrogen-bond donors (Lipinski definition) is 2. The number of benzene rings is 1. The van der Waals surface area contributed by atoms with Crippen LogP contribution in [0.3, 0.4) is 0 Å². The van der Waals surface area contributed by atoms with Crippen LogP contribution < -0.4 is 11.1 Å². The van der Waals surface area contributed by atoms with Gasteiger partial charge in [-0.1, -0.05) is 13.3 Å². The van der Waals surface area contributed by atoms with E-state index in [2.05, 4.69) is 12.2 Å². The van der Waals surface area contributed by atoms with Gasteiger partial charge in [0.05, 0.1) is 5.25 Å². The van der Waals surface area contributed by atoms with Gasteiger partial charge in [-0.05, 0) is 37.6 Å². The highest BCUT2D eigenvalue weighted by atomic mass is 32.2. The molecule has 3 N–H and O–H groups in total. The Morgan fingerprint density at radius 3 is 2.65 bits per heavy atom. The molecule has 0 aliphatic rings. The quantitative estimate of drug-likeness (QED) is 0.465. The van der Waals surface area contributed by atoms with Gasteiger partial charge in [0.2, 0.25) is 5.91 Å². The molecule has 0 saturated carbocycles. The van der Waals surface area contributed by atoms with E-state index >= 15 is 0 Å². The standard InChI is InChI=1S/C13H20N2OS/c1-3-4-9-15-13(16)10(2)17-12-7-5-11(14)6-8-12/h5-8,10H,3-4,9,14H2,1-2H3,(H,15,16). The Bertz CT molecular complexity index is 351. The number of unbranched alkanes of at least 4 members (excludes halogenated alkanes) is 1. The number of nitrogens with one attached hydrogen (secondary N) is 1. The van der Waals surface area contributed by atoms with E-state index in [1.54, 1.807) is 11.8 Å². The maximum Gasteiger partial charge on any atom is 0.233 e. The van der Waals surface area contributed by atoms with E-state index in [1.807, 2.05) is 31.2 Å². The maximum atomic E-state index is 11.7. The lowest BCUT2D eigenvalue weighted by Crippen LogP contribution is -2.31. The van der Waals surface area contributed by atoms with Crippen LogP contribution in [-0.4, -0.2) is 17.7 Å². The molecule has 0 radical (unpaired) electrons. The fourth-order valence-electron chi connectivity index (χ4n) is 1.34. The summed E-state index contributed by atoms with van der Waals surface area (Å²) in [6, 6.07) is 7.58. The largest absolute Gasteiger partial charge is 0.399 e. The SMILES string of the molecule is CCCCNC(=O)C(C)Sc1ccc(N)cc1. The second kappa shape index (κ2) is 7.22. The minimum Gasteiger partial charge on any atom is -0.399 e. The Morgan fingerprint density at radius 2 is 2.06 bits per heavy atom. The van der Waals surface area contributed by atoms with Crippen molar-refractivity contribution in [3.63, 3.8) is 0 Å². The predicted molar refractivity (Wildman–Crippen MR) is 74.1 cm³/mol. The lowest BCUT2D eigenvalue weighted by molar-refractivity contribution is -0.120. The minimum absolute atomic E-state index is 0.0736. The Hall–Kier alpha value is -1.16. The van der Waals surface area contributed by atoms with Crippen molar-refractivity contribution in [3.05, 3.63) is 24.3 Å².